The SMILES string of the molecule is CN(C)Cc1c(CN)ncn1C. The molecule has 0 amide bonds. The smallest absolute Gasteiger partial charge is 0.0950 e. The predicted molar refractivity (Wildman–Crippen MR) is 48.5 cm³/mol. The molecule has 0 radical (unpaired) electrons. The van der Waals surface area contributed by atoms with Crippen LogP contribution in [0.2, 0.25) is 0 Å². The average Bonchev–Trinajstić information content (AvgIpc) is 2.32. The third-order valence-electron chi connectivity index (χ3n) is 1.80. The highest BCUT2D eigenvalue weighted by Gasteiger charge is 2.07. The van der Waals surface area contributed by atoms with Crippen molar-refractivity contribution in [2.24, 2.45) is 12.8 Å². The van der Waals surface area contributed by atoms with Gasteiger partial charge in [-0.25, -0.2) is 4.98 Å². The number of nitrogens with two attached hydrogens (primary N) is 1. The van der Waals surface area contributed by atoms with Gasteiger partial charge >= 0.3 is 0 Å². The van der Waals surface area contributed by atoms with Crippen LogP contribution in [0.5, 0.6) is 0 Å². The molecule has 1 rings (SSSR count). The highest BCUT2D eigenvalue weighted by Crippen LogP contribution is 2.06. The summed E-state index contributed by atoms with van der Waals surface area (Å²) in [6.07, 6.45) is 1.81. The minimum absolute atomic E-state index is 0.518. The highest BCUT2D eigenvalue weighted by atomic mass is 15.1. The van der Waals surface area contributed by atoms with Crippen molar-refractivity contribution in [2.45, 2.75) is 13.1 Å². The fourth-order valence-electron chi connectivity index (χ4n) is 1.18. The number of aromatic nitrogens is 2. The van der Waals surface area contributed by atoms with Crippen LogP contribution in [0, 0.1) is 0 Å². The molecule has 0 unspecified atom stereocenters. The van der Waals surface area contributed by atoms with E-state index in [0.29, 0.717) is 6.54 Å². The number of hydrogen-bond donors (Lipinski definition) is 1. The summed E-state index contributed by atoms with van der Waals surface area (Å²) >= 11 is 0. The van der Waals surface area contributed by atoms with Gasteiger partial charge in [-0.3, -0.25) is 0 Å². The normalized spacial score (nSPS) is 11.1. The van der Waals surface area contributed by atoms with Gasteiger partial charge in [-0.05, 0) is 14.1 Å². The fourth-order valence-corrected chi connectivity index (χ4v) is 1.18. The molecule has 0 saturated heterocycles. The lowest BCUT2D eigenvalue weighted by Gasteiger charge is -2.11. The second-order valence-corrected chi connectivity index (χ2v) is 3.19. The van der Waals surface area contributed by atoms with E-state index in [1.54, 1.807) is 6.33 Å². The van der Waals surface area contributed by atoms with Gasteiger partial charge in [0, 0.05) is 20.1 Å². The second-order valence-electron chi connectivity index (χ2n) is 3.19. The Morgan fingerprint density at radius 2 is 2.25 bits per heavy atom. The van der Waals surface area contributed by atoms with Gasteiger partial charge < -0.3 is 15.2 Å². The van der Waals surface area contributed by atoms with Crippen molar-refractivity contribution in [3.05, 3.63) is 17.7 Å². The van der Waals surface area contributed by atoms with Crippen molar-refractivity contribution in [3.8, 4) is 0 Å². The molecular weight excluding hydrogens is 152 g/mol. The first-order valence-corrected chi connectivity index (χ1v) is 3.99. The highest BCUT2D eigenvalue weighted by molar-refractivity contribution is 5.12. The summed E-state index contributed by atoms with van der Waals surface area (Å²) in [6.45, 7) is 1.41. The van der Waals surface area contributed by atoms with Gasteiger partial charge in [0.1, 0.15) is 0 Å². The lowest BCUT2D eigenvalue weighted by molar-refractivity contribution is 0.389. The van der Waals surface area contributed by atoms with Crippen molar-refractivity contribution >= 4 is 0 Å². The van der Waals surface area contributed by atoms with Crippen LogP contribution in [0.4, 0.5) is 0 Å². The Kier molecular flexibility index (Phi) is 2.83. The molecule has 4 heteroatoms. The van der Waals surface area contributed by atoms with Crippen LogP contribution in [-0.4, -0.2) is 28.5 Å². The third kappa shape index (κ3) is 1.84. The first-order valence-electron chi connectivity index (χ1n) is 3.99. The molecule has 0 fully saturated rings. The molecule has 2 N–H and O–H groups in total. The van der Waals surface area contributed by atoms with E-state index >= 15 is 0 Å². The topological polar surface area (TPSA) is 47.1 Å². The lowest BCUT2D eigenvalue weighted by atomic mass is 10.3. The Bertz CT molecular complexity index is 252. The molecule has 0 bridgehead atoms. The molecule has 0 aromatic carbocycles. The van der Waals surface area contributed by atoms with Crippen LogP contribution in [0.15, 0.2) is 6.33 Å². The zero-order valence-corrected chi connectivity index (χ0v) is 7.91. The van der Waals surface area contributed by atoms with Gasteiger partial charge in [-0.15, -0.1) is 0 Å². The van der Waals surface area contributed by atoms with Crippen molar-refractivity contribution in [2.75, 3.05) is 14.1 Å². The quantitative estimate of drug-likeness (QED) is 0.688. The van der Waals surface area contributed by atoms with Crippen molar-refractivity contribution < 1.29 is 0 Å². The molecule has 0 aliphatic rings. The summed E-state index contributed by atoms with van der Waals surface area (Å²) in [6, 6.07) is 0. The van der Waals surface area contributed by atoms with Crippen LogP contribution in [0.1, 0.15) is 11.4 Å². The zero-order valence-electron chi connectivity index (χ0n) is 7.91. The summed E-state index contributed by atoms with van der Waals surface area (Å²) in [5, 5.41) is 0. The summed E-state index contributed by atoms with van der Waals surface area (Å²) in [5.41, 5.74) is 7.73. The van der Waals surface area contributed by atoms with Crippen molar-refractivity contribution in [1.82, 2.24) is 14.5 Å². The van der Waals surface area contributed by atoms with Gasteiger partial charge in [0.05, 0.1) is 17.7 Å². The van der Waals surface area contributed by atoms with Gasteiger partial charge in [-0.2, -0.15) is 0 Å². The van der Waals surface area contributed by atoms with Crippen LogP contribution in [-0.2, 0) is 20.1 Å². The molecule has 0 spiro atoms. The number of nitrogens with zero attached hydrogens (tertiary/aromatic N) is 3. The van der Waals surface area contributed by atoms with E-state index in [9.17, 15) is 0 Å². The number of aryl methyl sites for hydroxylation is 1. The lowest BCUT2D eigenvalue weighted by Crippen LogP contribution is -2.15. The van der Waals surface area contributed by atoms with E-state index < -0.39 is 0 Å². The van der Waals surface area contributed by atoms with Gasteiger partial charge in [-0.1, -0.05) is 0 Å². The maximum atomic E-state index is 5.55. The summed E-state index contributed by atoms with van der Waals surface area (Å²) in [4.78, 5) is 6.31. The van der Waals surface area contributed by atoms with Crippen LogP contribution >= 0.6 is 0 Å². The molecule has 1 heterocycles. The number of rotatable bonds is 3. The van der Waals surface area contributed by atoms with E-state index in [0.717, 1.165) is 12.2 Å². The Balaban J connectivity index is 2.86. The van der Waals surface area contributed by atoms with E-state index in [4.69, 9.17) is 5.73 Å². The van der Waals surface area contributed by atoms with Gasteiger partial charge in [0.15, 0.2) is 0 Å². The second kappa shape index (κ2) is 3.69. The van der Waals surface area contributed by atoms with Crippen molar-refractivity contribution in [1.29, 1.82) is 0 Å². The third-order valence-corrected chi connectivity index (χ3v) is 1.80. The first kappa shape index (κ1) is 9.22. The summed E-state index contributed by atoms with van der Waals surface area (Å²) in [7, 11) is 6.06. The van der Waals surface area contributed by atoms with Crippen LogP contribution < -0.4 is 5.73 Å². The van der Waals surface area contributed by atoms with Crippen molar-refractivity contribution in [3.63, 3.8) is 0 Å². The maximum Gasteiger partial charge on any atom is 0.0950 e. The molecule has 1 aromatic heterocycles. The standard InChI is InChI=1S/C8H16N4/c1-11(2)5-8-7(4-9)10-6-12(8)3/h6H,4-5,9H2,1-3H3. The summed E-state index contributed by atoms with van der Waals surface area (Å²) < 4.78 is 2.02. The van der Waals surface area contributed by atoms with Crippen LogP contribution in [0.3, 0.4) is 0 Å². The predicted octanol–water partition coefficient (Wildman–Crippen LogP) is -0.0596. The minimum atomic E-state index is 0.518. The van der Waals surface area contributed by atoms with Gasteiger partial charge in [0.25, 0.3) is 0 Å². The first-order chi connectivity index (χ1) is 5.65. The molecular formula is C8H16N4. The van der Waals surface area contributed by atoms with E-state index in [1.165, 1.54) is 5.69 Å². The molecule has 0 aliphatic heterocycles. The maximum absolute atomic E-state index is 5.55. The monoisotopic (exact) mass is 168 g/mol. The Hall–Kier alpha value is -0.870. The number of hydrogen-bond acceptors (Lipinski definition) is 3. The van der Waals surface area contributed by atoms with Crippen LogP contribution in [0.25, 0.3) is 0 Å². The summed E-state index contributed by atoms with van der Waals surface area (Å²) in [5.74, 6) is 0. The molecule has 1 aromatic rings. The van der Waals surface area contributed by atoms with E-state index in [2.05, 4.69) is 9.88 Å². The number of imidazole rings is 1. The fraction of sp³-hybridized carbons (Fsp3) is 0.625. The average molecular weight is 168 g/mol. The Morgan fingerprint density at radius 1 is 1.58 bits per heavy atom. The molecule has 0 atom stereocenters. The Morgan fingerprint density at radius 3 is 2.75 bits per heavy atom. The van der Waals surface area contributed by atoms with E-state index in [-0.39, 0.29) is 0 Å². The van der Waals surface area contributed by atoms with E-state index in [1.807, 2.05) is 25.7 Å². The molecule has 12 heavy (non-hydrogen) atoms. The van der Waals surface area contributed by atoms with Gasteiger partial charge in [0.2, 0.25) is 0 Å². The molecule has 68 valence electrons. The minimum Gasteiger partial charge on any atom is -0.336 e. The zero-order chi connectivity index (χ0) is 9.14. The largest absolute Gasteiger partial charge is 0.336 e. The Labute approximate surface area is 73.0 Å². The molecule has 0 saturated carbocycles. The molecule has 0 aliphatic carbocycles. The molecule has 4 nitrogen and oxygen atoms in total.